The molecule has 0 aliphatic heterocycles. The lowest BCUT2D eigenvalue weighted by Crippen LogP contribution is -2.47. The van der Waals surface area contributed by atoms with Crippen LogP contribution in [-0.2, 0) is 9.84 Å². The lowest BCUT2D eigenvalue weighted by Gasteiger charge is -2.41. The van der Waals surface area contributed by atoms with E-state index in [4.69, 9.17) is 0 Å². The fourth-order valence-corrected chi connectivity index (χ4v) is 3.42. The largest absolute Gasteiger partial charge is 0.356 e. The second-order valence-electron chi connectivity index (χ2n) is 6.99. The first-order chi connectivity index (χ1) is 9.66. The van der Waals surface area contributed by atoms with Gasteiger partial charge in [0.2, 0.25) is 0 Å². The van der Waals surface area contributed by atoms with Crippen LogP contribution in [0.5, 0.6) is 0 Å². The van der Waals surface area contributed by atoms with E-state index >= 15 is 0 Å². The average Bonchev–Trinajstić information content (AvgIpc) is 2.34. The highest BCUT2D eigenvalue weighted by Crippen LogP contribution is 2.42. The molecule has 21 heavy (non-hydrogen) atoms. The Morgan fingerprint density at radius 3 is 2.24 bits per heavy atom. The highest BCUT2D eigenvalue weighted by atomic mass is 32.2. The van der Waals surface area contributed by atoms with Crippen LogP contribution in [0.4, 0.5) is 0 Å². The van der Waals surface area contributed by atoms with Crippen LogP contribution in [0, 0.1) is 5.41 Å². The molecule has 0 aromatic rings. The maximum Gasteiger partial charge on any atom is 0.191 e. The molecule has 1 saturated carbocycles. The number of aliphatic imine (C=N–C) groups is 1. The zero-order valence-electron chi connectivity index (χ0n) is 14.1. The number of nitrogens with zero attached hydrogens (tertiary/aromatic N) is 1. The Hall–Kier alpha value is -0.780. The third kappa shape index (κ3) is 4.87. The van der Waals surface area contributed by atoms with Crippen molar-refractivity contribution >= 4 is 15.8 Å². The van der Waals surface area contributed by atoms with Crippen molar-refractivity contribution in [3.05, 3.63) is 0 Å². The Morgan fingerprint density at radius 1 is 1.24 bits per heavy atom. The molecule has 0 atom stereocenters. The first kappa shape index (κ1) is 18.3. The summed E-state index contributed by atoms with van der Waals surface area (Å²) in [6.07, 6.45) is 5.03. The molecule has 0 aromatic heterocycles. The number of rotatable bonds is 6. The molecular weight excluding hydrogens is 286 g/mol. The van der Waals surface area contributed by atoms with Gasteiger partial charge in [0.25, 0.3) is 0 Å². The molecule has 0 spiro atoms. The van der Waals surface area contributed by atoms with E-state index in [0.29, 0.717) is 17.9 Å². The van der Waals surface area contributed by atoms with Gasteiger partial charge >= 0.3 is 0 Å². The van der Waals surface area contributed by atoms with E-state index in [9.17, 15) is 8.42 Å². The monoisotopic (exact) mass is 317 g/mol. The van der Waals surface area contributed by atoms with Crippen LogP contribution in [0.15, 0.2) is 4.99 Å². The van der Waals surface area contributed by atoms with Gasteiger partial charge in [0.1, 0.15) is 0 Å². The van der Waals surface area contributed by atoms with Gasteiger partial charge in [0.05, 0.1) is 10.5 Å². The van der Waals surface area contributed by atoms with Gasteiger partial charge in [0.15, 0.2) is 15.8 Å². The SMILES string of the molecule is CCC1(CNC(=NC)NCCS(=O)(=O)C(C)(C)C)CCC1. The summed E-state index contributed by atoms with van der Waals surface area (Å²) in [5.74, 6) is 0.815. The zero-order valence-corrected chi connectivity index (χ0v) is 14.9. The normalized spacial score (nSPS) is 19.0. The van der Waals surface area contributed by atoms with Gasteiger partial charge in [-0.1, -0.05) is 13.3 Å². The summed E-state index contributed by atoms with van der Waals surface area (Å²) < 4.78 is 23.4. The zero-order chi connectivity index (χ0) is 16.1. The maximum absolute atomic E-state index is 12.0. The van der Waals surface area contributed by atoms with Crippen molar-refractivity contribution in [3.8, 4) is 0 Å². The highest BCUT2D eigenvalue weighted by Gasteiger charge is 2.35. The number of sulfone groups is 1. The third-order valence-electron chi connectivity index (χ3n) is 4.61. The minimum atomic E-state index is -3.09. The van der Waals surface area contributed by atoms with Crippen LogP contribution in [0.2, 0.25) is 0 Å². The molecular formula is C15H31N3O2S. The predicted octanol–water partition coefficient (Wildman–Crippen LogP) is 1.94. The van der Waals surface area contributed by atoms with E-state index in [1.165, 1.54) is 25.7 Å². The Morgan fingerprint density at radius 2 is 1.86 bits per heavy atom. The molecule has 0 heterocycles. The molecule has 0 unspecified atom stereocenters. The Kier molecular flexibility index (Phi) is 6.08. The summed E-state index contributed by atoms with van der Waals surface area (Å²) in [5.41, 5.74) is 0.412. The summed E-state index contributed by atoms with van der Waals surface area (Å²) in [4.78, 5) is 4.17. The predicted molar refractivity (Wildman–Crippen MR) is 89.5 cm³/mol. The van der Waals surface area contributed by atoms with Gasteiger partial charge < -0.3 is 10.6 Å². The molecule has 0 radical (unpaired) electrons. The van der Waals surface area contributed by atoms with Crippen molar-refractivity contribution in [3.63, 3.8) is 0 Å². The van der Waals surface area contributed by atoms with Crippen molar-refractivity contribution in [1.29, 1.82) is 0 Å². The molecule has 1 aliphatic rings. The summed E-state index contributed by atoms with van der Waals surface area (Å²) in [5, 5.41) is 6.43. The summed E-state index contributed by atoms with van der Waals surface area (Å²) in [6.45, 7) is 8.73. The fraction of sp³-hybridized carbons (Fsp3) is 0.933. The third-order valence-corrected chi connectivity index (χ3v) is 7.22. The molecule has 1 fully saturated rings. The van der Waals surface area contributed by atoms with E-state index in [1.54, 1.807) is 27.8 Å². The van der Waals surface area contributed by atoms with Crippen molar-refractivity contribution in [2.75, 3.05) is 25.9 Å². The average molecular weight is 317 g/mol. The topological polar surface area (TPSA) is 70.6 Å². The van der Waals surface area contributed by atoms with Crippen LogP contribution >= 0.6 is 0 Å². The number of hydrogen-bond donors (Lipinski definition) is 2. The van der Waals surface area contributed by atoms with Crippen LogP contribution in [0.3, 0.4) is 0 Å². The molecule has 124 valence electrons. The number of guanidine groups is 1. The van der Waals surface area contributed by atoms with E-state index in [2.05, 4.69) is 22.5 Å². The van der Waals surface area contributed by atoms with Crippen LogP contribution < -0.4 is 10.6 Å². The summed E-state index contributed by atoms with van der Waals surface area (Å²) in [7, 11) is -1.37. The summed E-state index contributed by atoms with van der Waals surface area (Å²) in [6, 6.07) is 0. The maximum atomic E-state index is 12.0. The van der Waals surface area contributed by atoms with Crippen molar-refractivity contribution < 1.29 is 8.42 Å². The second kappa shape index (κ2) is 6.99. The molecule has 1 aliphatic carbocycles. The lowest BCUT2D eigenvalue weighted by atomic mass is 9.67. The van der Waals surface area contributed by atoms with E-state index in [1.807, 2.05) is 0 Å². The second-order valence-corrected chi connectivity index (χ2v) is 9.85. The van der Waals surface area contributed by atoms with E-state index in [-0.39, 0.29) is 5.75 Å². The Balaban J connectivity index is 2.39. The quantitative estimate of drug-likeness (QED) is 0.580. The lowest BCUT2D eigenvalue weighted by molar-refractivity contribution is 0.131. The number of nitrogens with one attached hydrogen (secondary N) is 2. The fourth-order valence-electron chi connectivity index (χ4n) is 2.43. The molecule has 1 rings (SSSR count). The van der Waals surface area contributed by atoms with Crippen LogP contribution in [-0.4, -0.2) is 45.0 Å². The Bertz CT molecular complexity index is 454. The molecule has 0 bridgehead atoms. The summed E-state index contributed by atoms with van der Waals surface area (Å²) >= 11 is 0. The first-order valence-corrected chi connectivity index (χ1v) is 9.48. The minimum absolute atomic E-state index is 0.121. The van der Waals surface area contributed by atoms with Crippen LogP contribution in [0.25, 0.3) is 0 Å². The Labute approximate surface area is 129 Å². The molecule has 0 amide bonds. The highest BCUT2D eigenvalue weighted by molar-refractivity contribution is 7.92. The molecule has 0 aromatic carbocycles. The van der Waals surface area contributed by atoms with Crippen molar-refractivity contribution in [2.45, 2.75) is 58.1 Å². The van der Waals surface area contributed by atoms with E-state index in [0.717, 1.165) is 6.54 Å². The van der Waals surface area contributed by atoms with Gasteiger partial charge in [0, 0.05) is 20.1 Å². The first-order valence-electron chi connectivity index (χ1n) is 7.83. The van der Waals surface area contributed by atoms with Gasteiger partial charge in [-0.05, 0) is 45.4 Å². The molecule has 0 saturated heterocycles. The molecule has 6 heteroatoms. The van der Waals surface area contributed by atoms with Gasteiger partial charge in [-0.3, -0.25) is 4.99 Å². The van der Waals surface area contributed by atoms with Gasteiger partial charge in [-0.15, -0.1) is 0 Å². The van der Waals surface area contributed by atoms with Gasteiger partial charge in [-0.2, -0.15) is 0 Å². The minimum Gasteiger partial charge on any atom is -0.356 e. The smallest absolute Gasteiger partial charge is 0.191 e. The van der Waals surface area contributed by atoms with Gasteiger partial charge in [-0.25, -0.2) is 8.42 Å². The molecule has 5 nitrogen and oxygen atoms in total. The van der Waals surface area contributed by atoms with Crippen LogP contribution in [0.1, 0.15) is 53.4 Å². The molecule has 2 N–H and O–H groups in total. The van der Waals surface area contributed by atoms with E-state index < -0.39 is 14.6 Å². The van der Waals surface area contributed by atoms with Crippen molar-refractivity contribution in [2.24, 2.45) is 10.4 Å². The van der Waals surface area contributed by atoms with Crippen molar-refractivity contribution in [1.82, 2.24) is 10.6 Å². The number of hydrogen-bond acceptors (Lipinski definition) is 3. The standard InChI is InChI=1S/C15H31N3O2S/c1-6-15(8-7-9-15)12-18-13(16-5)17-10-11-21(19,20)14(2,3)4/h6-12H2,1-5H3,(H2,16,17,18).